The highest BCUT2D eigenvalue weighted by atomic mass is 19.4. The summed E-state index contributed by atoms with van der Waals surface area (Å²) in [7, 11) is 0. The van der Waals surface area contributed by atoms with Crippen LogP contribution in [0.1, 0.15) is 18.4 Å². The molecular formula is C13H13F3N2. The highest BCUT2D eigenvalue weighted by Crippen LogP contribution is 2.46. The smallest absolute Gasteiger partial charge is 0.361 e. The van der Waals surface area contributed by atoms with Gasteiger partial charge in [-0.05, 0) is 25.5 Å². The van der Waals surface area contributed by atoms with Crippen LogP contribution in [0.2, 0.25) is 0 Å². The van der Waals surface area contributed by atoms with Gasteiger partial charge in [0.15, 0.2) is 0 Å². The van der Waals surface area contributed by atoms with Crippen molar-refractivity contribution in [3.63, 3.8) is 0 Å². The SMILES string of the molecule is FC(F)(F)[C@@]1(c2c[nH]c3ccccc23)CCCN1. The normalized spacial score (nSPS) is 24.8. The molecule has 0 radical (unpaired) electrons. The van der Waals surface area contributed by atoms with Crippen LogP contribution in [0.4, 0.5) is 13.2 Å². The Hall–Kier alpha value is -1.49. The molecule has 0 saturated carbocycles. The van der Waals surface area contributed by atoms with Gasteiger partial charge in [0.05, 0.1) is 0 Å². The fourth-order valence-corrected chi connectivity index (χ4v) is 2.79. The molecule has 1 atom stereocenters. The predicted molar refractivity (Wildman–Crippen MR) is 63.3 cm³/mol. The highest BCUT2D eigenvalue weighted by molar-refractivity contribution is 5.84. The van der Waals surface area contributed by atoms with Crippen LogP contribution < -0.4 is 5.32 Å². The van der Waals surface area contributed by atoms with Crippen LogP contribution in [0.25, 0.3) is 10.9 Å². The molecule has 18 heavy (non-hydrogen) atoms. The monoisotopic (exact) mass is 254 g/mol. The first-order chi connectivity index (χ1) is 8.55. The van der Waals surface area contributed by atoms with Gasteiger partial charge in [-0.25, -0.2) is 0 Å². The van der Waals surface area contributed by atoms with E-state index in [1.807, 2.05) is 6.07 Å². The molecule has 1 aliphatic heterocycles. The number of fused-ring (bicyclic) bond motifs is 1. The van der Waals surface area contributed by atoms with Gasteiger partial charge in [0.25, 0.3) is 0 Å². The minimum absolute atomic E-state index is 0.0956. The predicted octanol–water partition coefficient (Wildman–Crippen LogP) is 3.31. The molecule has 2 N–H and O–H groups in total. The molecule has 2 nitrogen and oxygen atoms in total. The molecule has 0 spiro atoms. The summed E-state index contributed by atoms with van der Waals surface area (Å²) in [6.45, 7) is 0.402. The van der Waals surface area contributed by atoms with E-state index >= 15 is 0 Å². The Balaban J connectivity index is 2.22. The number of halogens is 3. The Morgan fingerprint density at radius 2 is 1.94 bits per heavy atom. The van der Waals surface area contributed by atoms with Gasteiger partial charge in [0.1, 0.15) is 5.54 Å². The van der Waals surface area contributed by atoms with Crippen LogP contribution in [0.3, 0.4) is 0 Å². The quantitative estimate of drug-likeness (QED) is 0.802. The van der Waals surface area contributed by atoms with Gasteiger partial charge < -0.3 is 4.98 Å². The zero-order valence-electron chi connectivity index (χ0n) is 9.64. The van der Waals surface area contributed by atoms with Crippen molar-refractivity contribution in [2.45, 2.75) is 24.6 Å². The van der Waals surface area contributed by atoms with Crippen molar-refractivity contribution < 1.29 is 13.2 Å². The lowest BCUT2D eigenvalue weighted by atomic mass is 9.87. The third-order valence-corrected chi connectivity index (χ3v) is 3.69. The molecule has 96 valence electrons. The van der Waals surface area contributed by atoms with Crippen LogP contribution >= 0.6 is 0 Å². The molecule has 1 fully saturated rings. The molecule has 5 heteroatoms. The Morgan fingerprint density at radius 3 is 2.61 bits per heavy atom. The van der Waals surface area contributed by atoms with Crippen molar-refractivity contribution in [2.75, 3.05) is 6.54 Å². The second-order valence-corrected chi connectivity index (χ2v) is 4.68. The second kappa shape index (κ2) is 3.75. The summed E-state index contributed by atoms with van der Waals surface area (Å²) in [6.07, 6.45) is -2.16. The summed E-state index contributed by atoms with van der Waals surface area (Å²) >= 11 is 0. The Kier molecular flexibility index (Phi) is 2.41. The lowest BCUT2D eigenvalue weighted by Crippen LogP contribution is -2.49. The fourth-order valence-electron chi connectivity index (χ4n) is 2.79. The molecule has 1 aliphatic rings. The minimum Gasteiger partial charge on any atom is -0.361 e. The van der Waals surface area contributed by atoms with E-state index in [0.29, 0.717) is 23.9 Å². The van der Waals surface area contributed by atoms with E-state index in [-0.39, 0.29) is 6.42 Å². The van der Waals surface area contributed by atoms with Crippen molar-refractivity contribution >= 4 is 10.9 Å². The average Bonchev–Trinajstić information content (AvgIpc) is 2.94. The van der Waals surface area contributed by atoms with Crippen molar-refractivity contribution in [3.05, 3.63) is 36.0 Å². The Labute approximate surface area is 102 Å². The summed E-state index contributed by atoms with van der Waals surface area (Å²) in [6, 6.07) is 7.09. The lowest BCUT2D eigenvalue weighted by Gasteiger charge is -2.31. The van der Waals surface area contributed by atoms with Gasteiger partial charge in [-0.15, -0.1) is 0 Å². The number of aromatic amines is 1. The van der Waals surface area contributed by atoms with Gasteiger partial charge >= 0.3 is 6.18 Å². The van der Waals surface area contributed by atoms with Gasteiger partial charge in [0, 0.05) is 22.7 Å². The zero-order valence-corrected chi connectivity index (χ0v) is 9.64. The molecule has 3 rings (SSSR count). The van der Waals surface area contributed by atoms with Crippen molar-refractivity contribution in [3.8, 4) is 0 Å². The van der Waals surface area contributed by atoms with E-state index in [1.54, 1.807) is 18.2 Å². The van der Waals surface area contributed by atoms with Gasteiger partial charge in [-0.3, -0.25) is 5.32 Å². The third kappa shape index (κ3) is 1.47. The van der Waals surface area contributed by atoms with E-state index < -0.39 is 11.7 Å². The molecule has 1 saturated heterocycles. The van der Waals surface area contributed by atoms with Crippen LogP contribution in [-0.4, -0.2) is 17.7 Å². The van der Waals surface area contributed by atoms with Gasteiger partial charge in [0.2, 0.25) is 0 Å². The average molecular weight is 254 g/mol. The molecule has 2 aromatic rings. The van der Waals surface area contributed by atoms with E-state index in [1.165, 1.54) is 6.20 Å². The van der Waals surface area contributed by atoms with Crippen LogP contribution in [0.5, 0.6) is 0 Å². The molecule has 0 unspecified atom stereocenters. The second-order valence-electron chi connectivity index (χ2n) is 4.68. The standard InChI is InChI=1S/C13H13F3N2/c14-13(15,16)12(6-3-7-18-12)10-8-17-11-5-2-1-4-9(10)11/h1-2,4-5,8,17-18H,3,6-7H2/t12-/m0/s1. The number of nitrogens with one attached hydrogen (secondary N) is 2. The maximum Gasteiger partial charge on any atom is 0.410 e. The molecule has 1 aromatic heterocycles. The number of para-hydroxylation sites is 1. The molecule has 2 heterocycles. The molecule has 0 aliphatic carbocycles. The van der Waals surface area contributed by atoms with E-state index in [9.17, 15) is 13.2 Å². The number of alkyl halides is 3. The first-order valence-electron chi connectivity index (χ1n) is 5.93. The van der Waals surface area contributed by atoms with E-state index in [4.69, 9.17) is 0 Å². The largest absolute Gasteiger partial charge is 0.410 e. The van der Waals surface area contributed by atoms with Gasteiger partial charge in [-0.2, -0.15) is 13.2 Å². The summed E-state index contributed by atoms with van der Waals surface area (Å²) in [5, 5.41) is 3.30. The Bertz CT molecular complexity index is 565. The first-order valence-corrected chi connectivity index (χ1v) is 5.93. The van der Waals surface area contributed by atoms with Crippen molar-refractivity contribution in [1.29, 1.82) is 0 Å². The fraction of sp³-hybridized carbons (Fsp3) is 0.385. The number of hydrogen-bond donors (Lipinski definition) is 2. The van der Waals surface area contributed by atoms with Crippen LogP contribution in [0.15, 0.2) is 30.5 Å². The molecular weight excluding hydrogens is 241 g/mol. The van der Waals surface area contributed by atoms with Crippen LogP contribution in [0, 0.1) is 0 Å². The highest BCUT2D eigenvalue weighted by Gasteiger charge is 2.57. The summed E-state index contributed by atoms with van der Waals surface area (Å²) in [5.41, 5.74) is -0.847. The van der Waals surface area contributed by atoms with E-state index in [0.717, 1.165) is 5.52 Å². The summed E-state index contributed by atoms with van der Waals surface area (Å²) in [4.78, 5) is 2.92. The van der Waals surface area contributed by atoms with Crippen LogP contribution in [-0.2, 0) is 5.54 Å². The maximum absolute atomic E-state index is 13.4. The maximum atomic E-state index is 13.4. The number of H-pyrrole nitrogens is 1. The Morgan fingerprint density at radius 1 is 1.17 bits per heavy atom. The van der Waals surface area contributed by atoms with Gasteiger partial charge in [-0.1, -0.05) is 18.2 Å². The minimum atomic E-state index is -4.28. The van der Waals surface area contributed by atoms with Crippen molar-refractivity contribution in [2.24, 2.45) is 0 Å². The molecule has 0 bridgehead atoms. The molecule has 0 amide bonds. The number of rotatable bonds is 1. The van der Waals surface area contributed by atoms with Crippen molar-refractivity contribution in [1.82, 2.24) is 10.3 Å². The summed E-state index contributed by atoms with van der Waals surface area (Å²) < 4.78 is 40.3. The first kappa shape index (κ1) is 11.6. The van der Waals surface area contributed by atoms with E-state index in [2.05, 4.69) is 10.3 Å². The molecule has 1 aromatic carbocycles. The number of aromatic nitrogens is 1. The zero-order chi connectivity index (χ0) is 12.8. The number of hydrogen-bond acceptors (Lipinski definition) is 1. The summed E-state index contributed by atoms with van der Waals surface area (Å²) in [5.74, 6) is 0. The lowest BCUT2D eigenvalue weighted by molar-refractivity contribution is -0.195. The third-order valence-electron chi connectivity index (χ3n) is 3.69. The number of benzene rings is 1. The topological polar surface area (TPSA) is 27.8 Å².